The second kappa shape index (κ2) is 8.55. The summed E-state index contributed by atoms with van der Waals surface area (Å²) in [7, 11) is -3.78. The van der Waals surface area contributed by atoms with Gasteiger partial charge in [-0.25, -0.2) is 13.4 Å². The molecule has 1 aromatic heterocycles. The van der Waals surface area contributed by atoms with Crippen molar-refractivity contribution in [3.63, 3.8) is 0 Å². The van der Waals surface area contributed by atoms with Crippen molar-refractivity contribution in [1.29, 1.82) is 0 Å². The third-order valence-electron chi connectivity index (χ3n) is 4.49. The maximum atomic E-state index is 13.2. The Hall–Kier alpha value is -2.74. The van der Waals surface area contributed by atoms with Crippen LogP contribution in [0.3, 0.4) is 0 Å². The summed E-state index contributed by atoms with van der Waals surface area (Å²) >= 11 is 7.55. The fourth-order valence-electron chi connectivity index (χ4n) is 3.00. The summed E-state index contributed by atoms with van der Waals surface area (Å²) in [5.74, 6) is -1.19. The number of amides is 1. The monoisotopic (exact) mass is 456 g/mol. The number of carbonyl (C=O) groups excluding carboxylic acids is 1. The van der Waals surface area contributed by atoms with E-state index in [9.17, 15) is 13.2 Å². The molecular formula is C22H17ClN2O3S2. The highest BCUT2D eigenvalue weighted by atomic mass is 35.5. The van der Waals surface area contributed by atoms with Crippen molar-refractivity contribution >= 4 is 54.0 Å². The molecule has 0 unspecified atom stereocenters. The lowest BCUT2D eigenvalue weighted by Crippen LogP contribution is -2.35. The molecule has 0 atom stereocenters. The number of aromatic nitrogens is 1. The van der Waals surface area contributed by atoms with E-state index in [1.807, 2.05) is 42.5 Å². The van der Waals surface area contributed by atoms with Gasteiger partial charge in [-0.15, -0.1) is 0 Å². The van der Waals surface area contributed by atoms with Crippen LogP contribution in [0.1, 0.15) is 5.56 Å². The van der Waals surface area contributed by atoms with E-state index in [1.165, 1.54) is 28.4 Å². The molecule has 8 heteroatoms. The van der Waals surface area contributed by atoms with Crippen molar-refractivity contribution in [2.45, 2.75) is 11.4 Å². The first-order valence-electron chi connectivity index (χ1n) is 9.11. The Morgan fingerprint density at radius 2 is 1.60 bits per heavy atom. The topological polar surface area (TPSA) is 67.3 Å². The van der Waals surface area contributed by atoms with Crippen molar-refractivity contribution in [1.82, 2.24) is 4.98 Å². The first-order valence-corrected chi connectivity index (χ1v) is 12.0. The summed E-state index contributed by atoms with van der Waals surface area (Å²) in [6.07, 6.45) is 0. The summed E-state index contributed by atoms with van der Waals surface area (Å²) in [5, 5.41) is 0.897. The fraction of sp³-hybridized carbons (Fsp3) is 0.0909. The van der Waals surface area contributed by atoms with Crippen LogP contribution in [-0.4, -0.2) is 25.1 Å². The van der Waals surface area contributed by atoms with Crippen molar-refractivity contribution in [2.24, 2.45) is 0 Å². The third kappa shape index (κ3) is 4.38. The number of rotatable bonds is 6. The van der Waals surface area contributed by atoms with Crippen LogP contribution in [0.4, 0.5) is 5.13 Å². The minimum atomic E-state index is -3.78. The molecule has 0 spiro atoms. The van der Waals surface area contributed by atoms with E-state index in [4.69, 9.17) is 11.6 Å². The van der Waals surface area contributed by atoms with Gasteiger partial charge in [-0.1, -0.05) is 77.5 Å². The van der Waals surface area contributed by atoms with Crippen molar-refractivity contribution < 1.29 is 13.2 Å². The van der Waals surface area contributed by atoms with Crippen LogP contribution in [0.2, 0.25) is 5.02 Å². The van der Waals surface area contributed by atoms with Gasteiger partial charge in [-0.2, -0.15) is 0 Å². The van der Waals surface area contributed by atoms with E-state index in [2.05, 4.69) is 4.98 Å². The molecule has 0 saturated carbocycles. The average Bonchev–Trinajstić information content (AvgIpc) is 3.18. The lowest BCUT2D eigenvalue weighted by Gasteiger charge is -2.20. The van der Waals surface area contributed by atoms with Crippen molar-refractivity contribution in [3.05, 3.63) is 89.4 Å². The summed E-state index contributed by atoms with van der Waals surface area (Å²) in [6.45, 7) is 0.210. The Morgan fingerprint density at radius 3 is 2.27 bits per heavy atom. The zero-order valence-electron chi connectivity index (χ0n) is 15.7. The molecule has 0 bridgehead atoms. The van der Waals surface area contributed by atoms with Crippen LogP contribution >= 0.6 is 22.9 Å². The SMILES string of the molecule is O=C(CS(=O)(=O)c1ccccc1)N(Cc1ccccc1)c1nc2c(Cl)cccc2s1. The number of hydrogen-bond acceptors (Lipinski definition) is 5. The minimum absolute atomic E-state index is 0.116. The molecule has 1 heterocycles. The minimum Gasteiger partial charge on any atom is -0.283 e. The van der Waals surface area contributed by atoms with Crippen molar-refractivity contribution in [3.8, 4) is 0 Å². The van der Waals surface area contributed by atoms with E-state index in [1.54, 1.807) is 24.3 Å². The lowest BCUT2D eigenvalue weighted by molar-refractivity contribution is -0.116. The zero-order valence-corrected chi connectivity index (χ0v) is 18.1. The number of carbonyl (C=O) groups is 1. The van der Waals surface area contributed by atoms with Crippen LogP contribution in [0, 0.1) is 0 Å². The highest BCUT2D eigenvalue weighted by molar-refractivity contribution is 7.92. The largest absolute Gasteiger partial charge is 0.283 e. The number of nitrogens with zero attached hydrogens (tertiary/aromatic N) is 2. The van der Waals surface area contributed by atoms with E-state index in [-0.39, 0.29) is 11.4 Å². The van der Waals surface area contributed by atoms with E-state index in [0.29, 0.717) is 15.7 Å². The summed E-state index contributed by atoms with van der Waals surface area (Å²) in [4.78, 5) is 19.2. The van der Waals surface area contributed by atoms with Gasteiger partial charge < -0.3 is 0 Å². The molecule has 0 fully saturated rings. The highest BCUT2D eigenvalue weighted by Crippen LogP contribution is 2.33. The fourth-order valence-corrected chi connectivity index (χ4v) is 5.50. The molecule has 3 aromatic carbocycles. The van der Waals surface area contributed by atoms with E-state index in [0.717, 1.165) is 10.3 Å². The number of benzene rings is 3. The molecule has 30 heavy (non-hydrogen) atoms. The van der Waals surface area contributed by atoms with Gasteiger partial charge in [0.15, 0.2) is 15.0 Å². The number of hydrogen-bond donors (Lipinski definition) is 0. The number of sulfone groups is 1. The van der Waals surface area contributed by atoms with Crippen LogP contribution in [0.15, 0.2) is 83.8 Å². The molecule has 0 aliphatic heterocycles. The molecule has 0 N–H and O–H groups in total. The zero-order chi connectivity index (χ0) is 21.1. The van der Waals surface area contributed by atoms with Gasteiger partial charge in [0.2, 0.25) is 5.91 Å². The maximum absolute atomic E-state index is 13.2. The highest BCUT2D eigenvalue weighted by Gasteiger charge is 2.27. The Labute approximate surface area is 183 Å². The van der Waals surface area contributed by atoms with Crippen LogP contribution in [0.25, 0.3) is 10.2 Å². The number of halogens is 1. The molecule has 0 saturated heterocycles. The third-order valence-corrected chi connectivity index (χ3v) is 7.46. The molecule has 152 valence electrons. The second-order valence-corrected chi connectivity index (χ2v) is 10.0. The maximum Gasteiger partial charge on any atom is 0.244 e. The van der Waals surface area contributed by atoms with Gasteiger partial charge in [-0.3, -0.25) is 9.69 Å². The van der Waals surface area contributed by atoms with Crippen molar-refractivity contribution in [2.75, 3.05) is 10.7 Å². The molecule has 0 radical (unpaired) electrons. The smallest absolute Gasteiger partial charge is 0.244 e. The predicted octanol–water partition coefficient (Wildman–Crippen LogP) is 4.96. The standard InChI is InChI=1S/C22H17ClN2O3S2/c23-18-12-7-13-19-21(18)24-22(29-19)25(14-16-8-3-1-4-9-16)20(26)15-30(27,28)17-10-5-2-6-11-17/h1-13H,14-15H2. The number of fused-ring (bicyclic) bond motifs is 1. The quantitative estimate of drug-likeness (QED) is 0.411. The van der Waals surface area contributed by atoms with Gasteiger partial charge in [0.1, 0.15) is 11.3 Å². The molecule has 0 aliphatic carbocycles. The van der Waals surface area contributed by atoms with Gasteiger partial charge in [-0.05, 0) is 29.8 Å². The second-order valence-electron chi connectivity index (χ2n) is 6.62. The first-order chi connectivity index (χ1) is 14.4. The summed E-state index contributed by atoms with van der Waals surface area (Å²) < 4.78 is 26.4. The van der Waals surface area contributed by atoms with Gasteiger partial charge in [0.25, 0.3) is 0 Å². The van der Waals surface area contributed by atoms with E-state index >= 15 is 0 Å². The van der Waals surface area contributed by atoms with Gasteiger partial charge in [0, 0.05) is 0 Å². The van der Waals surface area contributed by atoms with Crippen LogP contribution < -0.4 is 4.90 Å². The molecule has 0 aliphatic rings. The van der Waals surface area contributed by atoms with Gasteiger partial charge >= 0.3 is 0 Å². The predicted molar refractivity (Wildman–Crippen MR) is 121 cm³/mol. The Morgan fingerprint density at radius 1 is 0.933 bits per heavy atom. The summed E-state index contributed by atoms with van der Waals surface area (Å²) in [6, 6.07) is 22.8. The normalized spacial score (nSPS) is 11.5. The Kier molecular flexibility index (Phi) is 5.85. The Bertz CT molecular complexity index is 1290. The van der Waals surface area contributed by atoms with Crippen LogP contribution in [0.5, 0.6) is 0 Å². The molecule has 4 aromatic rings. The van der Waals surface area contributed by atoms with Gasteiger partial charge in [0.05, 0.1) is 21.2 Å². The molecular weight excluding hydrogens is 440 g/mol. The Balaban J connectivity index is 1.71. The summed E-state index contributed by atoms with van der Waals surface area (Å²) in [5.41, 5.74) is 1.46. The number of para-hydroxylation sites is 1. The molecule has 5 nitrogen and oxygen atoms in total. The number of thiazole rings is 1. The lowest BCUT2D eigenvalue weighted by atomic mass is 10.2. The molecule has 1 amide bonds. The van der Waals surface area contributed by atoms with E-state index < -0.39 is 21.5 Å². The first kappa shape index (κ1) is 20.5. The number of anilines is 1. The average molecular weight is 457 g/mol. The molecule has 4 rings (SSSR count). The van der Waals surface area contributed by atoms with Crippen LogP contribution in [-0.2, 0) is 21.2 Å².